The van der Waals surface area contributed by atoms with E-state index in [0.717, 1.165) is 25.9 Å². The Morgan fingerprint density at radius 2 is 2.15 bits per heavy atom. The van der Waals surface area contributed by atoms with Crippen LogP contribution in [0.25, 0.3) is 0 Å². The first-order chi connectivity index (χ1) is 6.20. The van der Waals surface area contributed by atoms with Crippen molar-refractivity contribution in [1.29, 1.82) is 5.26 Å². The fourth-order valence-electron chi connectivity index (χ4n) is 1.63. The second kappa shape index (κ2) is 4.59. The second-order valence-corrected chi connectivity index (χ2v) is 3.71. The molecule has 0 heterocycles. The van der Waals surface area contributed by atoms with Gasteiger partial charge in [0.25, 0.3) is 0 Å². The molecule has 3 heteroatoms. The Labute approximate surface area is 79.3 Å². The third-order valence-corrected chi connectivity index (χ3v) is 2.53. The van der Waals surface area contributed by atoms with Crippen molar-refractivity contribution in [1.82, 2.24) is 0 Å². The Kier molecular flexibility index (Phi) is 3.71. The van der Waals surface area contributed by atoms with Gasteiger partial charge in [0, 0.05) is 6.61 Å². The number of aliphatic hydroxyl groups is 1. The molecule has 1 N–H and O–H groups in total. The predicted octanol–water partition coefficient (Wildman–Crippen LogP) is 1.61. The highest BCUT2D eigenvalue weighted by Crippen LogP contribution is 2.29. The minimum atomic E-state index is -1.08. The zero-order chi connectivity index (χ0) is 9.73. The predicted molar refractivity (Wildman–Crippen MR) is 49.1 cm³/mol. The molecule has 0 radical (unpaired) electrons. The molecule has 0 atom stereocenters. The standard InChI is InChI=1S/C10H17NO2/c1-2-7-13-9-3-5-10(12,8-11)6-4-9/h9,12H,2-7H2,1H3. The van der Waals surface area contributed by atoms with Gasteiger partial charge in [0.1, 0.15) is 0 Å². The monoisotopic (exact) mass is 183 g/mol. The first-order valence-corrected chi connectivity index (χ1v) is 4.95. The zero-order valence-electron chi connectivity index (χ0n) is 8.12. The van der Waals surface area contributed by atoms with Crippen molar-refractivity contribution in [3.8, 4) is 6.07 Å². The first kappa shape index (κ1) is 10.5. The van der Waals surface area contributed by atoms with Crippen LogP contribution in [0.3, 0.4) is 0 Å². The third kappa shape index (κ3) is 2.98. The third-order valence-electron chi connectivity index (χ3n) is 2.53. The molecule has 1 rings (SSSR count). The van der Waals surface area contributed by atoms with Gasteiger partial charge in [-0.3, -0.25) is 0 Å². The summed E-state index contributed by atoms with van der Waals surface area (Å²) in [7, 11) is 0. The lowest BCUT2D eigenvalue weighted by Crippen LogP contribution is -2.35. The van der Waals surface area contributed by atoms with Crippen molar-refractivity contribution >= 4 is 0 Å². The summed E-state index contributed by atoms with van der Waals surface area (Å²) >= 11 is 0. The van der Waals surface area contributed by atoms with E-state index in [0.29, 0.717) is 12.8 Å². The van der Waals surface area contributed by atoms with E-state index >= 15 is 0 Å². The van der Waals surface area contributed by atoms with Crippen molar-refractivity contribution in [3.63, 3.8) is 0 Å². The molecule has 1 aliphatic rings. The number of ether oxygens (including phenoxy) is 1. The van der Waals surface area contributed by atoms with Crippen molar-refractivity contribution < 1.29 is 9.84 Å². The van der Waals surface area contributed by atoms with E-state index in [1.165, 1.54) is 0 Å². The second-order valence-electron chi connectivity index (χ2n) is 3.71. The molecule has 0 aromatic rings. The highest BCUT2D eigenvalue weighted by Gasteiger charge is 2.33. The van der Waals surface area contributed by atoms with Crippen LogP contribution < -0.4 is 0 Å². The average molecular weight is 183 g/mol. The van der Waals surface area contributed by atoms with Gasteiger partial charge in [0.05, 0.1) is 12.2 Å². The highest BCUT2D eigenvalue weighted by molar-refractivity contribution is 5.02. The number of rotatable bonds is 3. The van der Waals surface area contributed by atoms with E-state index in [9.17, 15) is 5.11 Å². The van der Waals surface area contributed by atoms with Gasteiger partial charge in [0.2, 0.25) is 0 Å². The first-order valence-electron chi connectivity index (χ1n) is 4.95. The molecule has 1 aliphatic carbocycles. The van der Waals surface area contributed by atoms with Crippen LogP contribution in [-0.2, 0) is 4.74 Å². The SMILES string of the molecule is CCCOC1CCC(O)(C#N)CC1. The minimum Gasteiger partial charge on any atom is -0.378 e. The highest BCUT2D eigenvalue weighted by atomic mass is 16.5. The number of nitriles is 1. The maximum Gasteiger partial charge on any atom is 0.151 e. The Morgan fingerprint density at radius 1 is 1.54 bits per heavy atom. The maximum absolute atomic E-state index is 9.61. The maximum atomic E-state index is 9.61. The van der Waals surface area contributed by atoms with Crippen molar-refractivity contribution in [2.75, 3.05) is 6.61 Å². The molecule has 0 aromatic carbocycles. The van der Waals surface area contributed by atoms with E-state index in [2.05, 4.69) is 6.92 Å². The van der Waals surface area contributed by atoms with E-state index in [4.69, 9.17) is 10.00 Å². The Hall–Kier alpha value is -0.590. The van der Waals surface area contributed by atoms with Crippen LogP contribution in [0.1, 0.15) is 39.0 Å². The fraction of sp³-hybridized carbons (Fsp3) is 0.900. The summed E-state index contributed by atoms with van der Waals surface area (Å²) in [6, 6.07) is 1.96. The van der Waals surface area contributed by atoms with E-state index in [1.54, 1.807) is 0 Å². The molecular formula is C10H17NO2. The van der Waals surface area contributed by atoms with E-state index in [1.807, 2.05) is 6.07 Å². The van der Waals surface area contributed by atoms with Gasteiger partial charge in [-0.2, -0.15) is 5.26 Å². The van der Waals surface area contributed by atoms with Crippen LogP contribution in [0.5, 0.6) is 0 Å². The zero-order valence-corrected chi connectivity index (χ0v) is 8.12. The van der Waals surface area contributed by atoms with Gasteiger partial charge in [-0.1, -0.05) is 6.92 Å². The summed E-state index contributed by atoms with van der Waals surface area (Å²) in [5, 5.41) is 18.3. The average Bonchev–Trinajstić information content (AvgIpc) is 2.17. The van der Waals surface area contributed by atoms with Gasteiger partial charge < -0.3 is 9.84 Å². The Balaban J connectivity index is 2.27. The Bertz CT molecular complexity index is 190. The van der Waals surface area contributed by atoms with Gasteiger partial charge >= 0.3 is 0 Å². The molecule has 1 fully saturated rings. The van der Waals surface area contributed by atoms with Crippen LogP contribution in [0, 0.1) is 11.3 Å². The molecule has 0 aromatic heterocycles. The van der Waals surface area contributed by atoms with Gasteiger partial charge in [-0.15, -0.1) is 0 Å². The summed E-state index contributed by atoms with van der Waals surface area (Å²) in [5.74, 6) is 0. The molecular weight excluding hydrogens is 166 g/mol. The lowest BCUT2D eigenvalue weighted by atomic mass is 9.84. The normalized spacial score (nSPS) is 34.1. The van der Waals surface area contributed by atoms with Crippen LogP contribution in [0.4, 0.5) is 0 Å². The summed E-state index contributed by atoms with van der Waals surface area (Å²) in [6.45, 7) is 2.87. The van der Waals surface area contributed by atoms with Gasteiger partial charge in [0.15, 0.2) is 5.60 Å². The van der Waals surface area contributed by atoms with Crippen LogP contribution in [0.15, 0.2) is 0 Å². The van der Waals surface area contributed by atoms with Gasteiger partial charge in [-0.05, 0) is 32.1 Å². The van der Waals surface area contributed by atoms with E-state index in [-0.39, 0.29) is 6.10 Å². The molecule has 0 aliphatic heterocycles. The minimum absolute atomic E-state index is 0.258. The molecule has 13 heavy (non-hydrogen) atoms. The molecule has 0 unspecified atom stereocenters. The molecule has 0 saturated heterocycles. The molecule has 1 saturated carbocycles. The summed E-state index contributed by atoms with van der Waals surface area (Å²) in [5.41, 5.74) is -1.08. The topological polar surface area (TPSA) is 53.2 Å². The quantitative estimate of drug-likeness (QED) is 0.676. The van der Waals surface area contributed by atoms with Crippen LogP contribution in [0.2, 0.25) is 0 Å². The van der Waals surface area contributed by atoms with Crippen LogP contribution >= 0.6 is 0 Å². The number of hydrogen-bond acceptors (Lipinski definition) is 3. The molecule has 0 amide bonds. The summed E-state index contributed by atoms with van der Waals surface area (Å²) < 4.78 is 5.55. The largest absolute Gasteiger partial charge is 0.378 e. The lowest BCUT2D eigenvalue weighted by Gasteiger charge is -2.30. The number of hydrogen-bond donors (Lipinski definition) is 1. The lowest BCUT2D eigenvalue weighted by molar-refractivity contribution is -0.0279. The molecule has 74 valence electrons. The Morgan fingerprint density at radius 3 is 2.62 bits per heavy atom. The molecule has 0 spiro atoms. The molecule has 3 nitrogen and oxygen atoms in total. The van der Waals surface area contributed by atoms with Crippen molar-refractivity contribution in [2.45, 2.75) is 50.7 Å². The molecule has 0 bridgehead atoms. The number of nitrogens with zero attached hydrogens (tertiary/aromatic N) is 1. The smallest absolute Gasteiger partial charge is 0.151 e. The van der Waals surface area contributed by atoms with Crippen molar-refractivity contribution in [2.24, 2.45) is 0 Å². The fourth-order valence-corrected chi connectivity index (χ4v) is 1.63. The van der Waals surface area contributed by atoms with Crippen molar-refractivity contribution in [3.05, 3.63) is 0 Å². The van der Waals surface area contributed by atoms with E-state index < -0.39 is 5.60 Å². The van der Waals surface area contributed by atoms with Crippen LogP contribution in [-0.4, -0.2) is 23.4 Å². The summed E-state index contributed by atoms with van der Waals surface area (Å²) in [6.07, 6.45) is 4.01. The van der Waals surface area contributed by atoms with Gasteiger partial charge in [-0.25, -0.2) is 0 Å². The summed E-state index contributed by atoms with van der Waals surface area (Å²) in [4.78, 5) is 0.